The lowest BCUT2D eigenvalue weighted by molar-refractivity contribution is -0.116. The van der Waals surface area contributed by atoms with E-state index in [-0.39, 0.29) is 23.4 Å². The molecule has 1 fully saturated rings. The molecule has 0 unspecified atom stereocenters. The van der Waals surface area contributed by atoms with Gasteiger partial charge in [-0.05, 0) is 43.2 Å². The lowest BCUT2D eigenvalue weighted by Gasteiger charge is -2.30. The molecular formula is C20H24N2O4S2. The lowest BCUT2D eigenvalue weighted by atomic mass is 10.2. The lowest BCUT2D eigenvalue weighted by Crippen LogP contribution is -2.38. The molecule has 6 nitrogen and oxygen atoms in total. The molecule has 2 heterocycles. The SMILES string of the molecule is CC(=O)N1CCSc2ccc(S(=O)(=O)N(Cc3ccco3)C3CCCC3)cc21. The minimum absolute atomic E-state index is 0.0237. The van der Waals surface area contributed by atoms with E-state index in [1.807, 2.05) is 6.07 Å². The molecule has 1 aromatic heterocycles. The van der Waals surface area contributed by atoms with Crippen LogP contribution in [0.15, 0.2) is 50.8 Å². The molecule has 2 aromatic rings. The summed E-state index contributed by atoms with van der Waals surface area (Å²) in [6, 6.07) is 8.69. The normalized spacial score (nSPS) is 17.9. The van der Waals surface area contributed by atoms with E-state index in [4.69, 9.17) is 4.42 Å². The van der Waals surface area contributed by atoms with Crippen LogP contribution in [-0.4, -0.2) is 37.0 Å². The smallest absolute Gasteiger partial charge is 0.243 e. The summed E-state index contributed by atoms with van der Waals surface area (Å²) in [7, 11) is -3.72. The zero-order valence-electron chi connectivity index (χ0n) is 15.8. The monoisotopic (exact) mass is 420 g/mol. The Morgan fingerprint density at radius 3 is 2.75 bits per heavy atom. The van der Waals surface area contributed by atoms with E-state index in [1.165, 1.54) is 6.92 Å². The van der Waals surface area contributed by atoms with E-state index in [9.17, 15) is 13.2 Å². The first-order valence-electron chi connectivity index (χ1n) is 9.56. The first-order chi connectivity index (χ1) is 13.5. The third-order valence-corrected chi connectivity index (χ3v) is 8.34. The van der Waals surface area contributed by atoms with Gasteiger partial charge >= 0.3 is 0 Å². The number of carbonyl (C=O) groups is 1. The maximum absolute atomic E-state index is 13.6. The number of thioether (sulfide) groups is 1. The molecule has 0 radical (unpaired) electrons. The average Bonchev–Trinajstić information content (AvgIpc) is 3.38. The number of fused-ring (bicyclic) bond motifs is 1. The summed E-state index contributed by atoms with van der Waals surface area (Å²) >= 11 is 1.65. The minimum Gasteiger partial charge on any atom is -0.468 e. The summed E-state index contributed by atoms with van der Waals surface area (Å²) < 4.78 is 34.2. The number of rotatable bonds is 5. The zero-order valence-corrected chi connectivity index (χ0v) is 17.5. The second-order valence-corrected chi connectivity index (χ2v) is 10.2. The van der Waals surface area contributed by atoms with E-state index < -0.39 is 10.0 Å². The molecule has 1 saturated carbocycles. The molecule has 1 aliphatic carbocycles. The summed E-state index contributed by atoms with van der Waals surface area (Å²) in [5, 5.41) is 0. The summed E-state index contributed by atoms with van der Waals surface area (Å²) in [6.07, 6.45) is 5.36. The van der Waals surface area contributed by atoms with Crippen molar-refractivity contribution >= 4 is 33.4 Å². The van der Waals surface area contributed by atoms with Crippen LogP contribution in [0.3, 0.4) is 0 Å². The van der Waals surface area contributed by atoms with Crippen LogP contribution in [-0.2, 0) is 21.4 Å². The van der Waals surface area contributed by atoms with Crippen LogP contribution in [0.2, 0.25) is 0 Å². The Morgan fingerprint density at radius 1 is 1.29 bits per heavy atom. The highest BCUT2D eigenvalue weighted by molar-refractivity contribution is 7.99. The van der Waals surface area contributed by atoms with Crippen LogP contribution in [0, 0.1) is 0 Å². The van der Waals surface area contributed by atoms with Crippen LogP contribution in [0.25, 0.3) is 0 Å². The Bertz CT molecular complexity index is 951. The molecule has 0 bridgehead atoms. The maximum atomic E-state index is 13.6. The molecule has 4 rings (SSSR count). The standard InChI is InChI=1S/C20H24N2O4S2/c1-15(23)21-10-12-27-20-9-8-18(13-19(20)21)28(24,25)22(16-5-2-3-6-16)14-17-7-4-11-26-17/h4,7-9,11,13,16H,2-3,5-6,10,12,14H2,1H3. The molecule has 0 N–H and O–H groups in total. The van der Waals surface area contributed by atoms with Crippen LogP contribution >= 0.6 is 11.8 Å². The Hall–Kier alpha value is -1.77. The second kappa shape index (κ2) is 7.93. The van der Waals surface area contributed by atoms with Gasteiger partial charge in [0, 0.05) is 30.2 Å². The predicted octanol–water partition coefficient (Wildman–Crippen LogP) is 3.87. The van der Waals surface area contributed by atoms with Gasteiger partial charge < -0.3 is 9.32 Å². The molecule has 28 heavy (non-hydrogen) atoms. The highest BCUT2D eigenvalue weighted by Crippen LogP contribution is 2.38. The number of furan rings is 1. The Kier molecular flexibility index (Phi) is 5.53. The quantitative estimate of drug-likeness (QED) is 0.734. The molecule has 2 aliphatic rings. The number of anilines is 1. The fourth-order valence-electron chi connectivity index (χ4n) is 3.98. The van der Waals surface area contributed by atoms with Crippen molar-refractivity contribution in [2.24, 2.45) is 0 Å². The Labute approximate surface area is 169 Å². The fraction of sp³-hybridized carbons (Fsp3) is 0.450. The largest absolute Gasteiger partial charge is 0.468 e. The van der Waals surface area contributed by atoms with Gasteiger partial charge in [-0.25, -0.2) is 8.42 Å². The van der Waals surface area contributed by atoms with Gasteiger partial charge in [0.05, 0.1) is 23.4 Å². The van der Waals surface area contributed by atoms with Gasteiger partial charge in [-0.3, -0.25) is 4.79 Å². The van der Waals surface area contributed by atoms with E-state index in [2.05, 4.69) is 0 Å². The number of nitrogens with zero attached hydrogens (tertiary/aromatic N) is 2. The third-order valence-electron chi connectivity index (χ3n) is 5.40. The van der Waals surface area contributed by atoms with Crippen molar-refractivity contribution in [1.29, 1.82) is 0 Å². The highest BCUT2D eigenvalue weighted by atomic mass is 32.2. The van der Waals surface area contributed by atoms with Crippen LogP contribution in [0.4, 0.5) is 5.69 Å². The Balaban J connectivity index is 1.72. The average molecular weight is 421 g/mol. The first kappa shape index (κ1) is 19.5. The van der Waals surface area contributed by atoms with Gasteiger partial charge in [0.2, 0.25) is 15.9 Å². The molecule has 8 heteroatoms. The van der Waals surface area contributed by atoms with Crippen LogP contribution in [0.5, 0.6) is 0 Å². The number of carbonyl (C=O) groups excluding carboxylic acids is 1. The van der Waals surface area contributed by atoms with E-state index >= 15 is 0 Å². The number of sulfonamides is 1. The van der Waals surface area contributed by atoms with E-state index in [1.54, 1.807) is 51.5 Å². The molecule has 1 aliphatic heterocycles. The second-order valence-electron chi connectivity index (χ2n) is 7.22. The van der Waals surface area contributed by atoms with Crippen molar-refractivity contribution in [3.8, 4) is 0 Å². The van der Waals surface area contributed by atoms with Gasteiger partial charge in [-0.15, -0.1) is 11.8 Å². The highest BCUT2D eigenvalue weighted by Gasteiger charge is 2.35. The molecular weight excluding hydrogens is 396 g/mol. The molecule has 1 amide bonds. The number of amides is 1. The molecule has 0 spiro atoms. The fourth-order valence-corrected chi connectivity index (χ4v) is 6.63. The topological polar surface area (TPSA) is 70.8 Å². The van der Waals surface area contributed by atoms with Crippen LogP contribution in [0.1, 0.15) is 38.4 Å². The van der Waals surface area contributed by atoms with Gasteiger partial charge in [0.1, 0.15) is 5.76 Å². The molecule has 0 atom stereocenters. The maximum Gasteiger partial charge on any atom is 0.243 e. The molecule has 150 valence electrons. The van der Waals surface area contributed by atoms with E-state index in [0.29, 0.717) is 18.0 Å². The van der Waals surface area contributed by atoms with Crippen molar-refractivity contribution in [2.75, 3.05) is 17.2 Å². The van der Waals surface area contributed by atoms with Crippen LogP contribution < -0.4 is 4.90 Å². The minimum atomic E-state index is -3.72. The first-order valence-corrected chi connectivity index (χ1v) is 12.0. The van der Waals surface area contributed by atoms with Crippen molar-refractivity contribution in [1.82, 2.24) is 4.31 Å². The summed E-state index contributed by atoms with van der Waals surface area (Å²) in [4.78, 5) is 14.9. The molecule has 1 aromatic carbocycles. The number of hydrogen-bond donors (Lipinski definition) is 0. The zero-order chi connectivity index (χ0) is 19.7. The van der Waals surface area contributed by atoms with Gasteiger partial charge in [-0.1, -0.05) is 12.8 Å². The van der Waals surface area contributed by atoms with E-state index in [0.717, 1.165) is 36.3 Å². The third kappa shape index (κ3) is 3.73. The summed E-state index contributed by atoms with van der Waals surface area (Å²) in [6.45, 7) is 2.33. The summed E-state index contributed by atoms with van der Waals surface area (Å²) in [5.74, 6) is 1.37. The summed E-state index contributed by atoms with van der Waals surface area (Å²) in [5.41, 5.74) is 0.689. The van der Waals surface area contributed by atoms with Crippen molar-refractivity contribution in [2.45, 2.75) is 55.0 Å². The van der Waals surface area contributed by atoms with Crippen molar-refractivity contribution in [3.05, 3.63) is 42.4 Å². The van der Waals surface area contributed by atoms with Crippen molar-refractivity contribution in [3.63, 3.8) is 0 Å². The van der Waals surface area contributed by atoms with Crippen molar-refractivity contribution < 1.29 is 17.6 Å². The van der Waals surface area contributed by atoms with Gasteiger partial charge in [0.25, 0.3) is 0 Å². The number of benzene rings is 1. The Morgan fingerprint density at radius 2 is 2.07 bits per heavy atom. The number of hydrogen-bond acceptors (Lipinski definition) is 5. The predicted molar refractivity (Wildman–Crippen MR) is 109 cm³/mol. The van der Waals surface area contributed by atoms with Gasteiger partial charge in [0.15, 0.2) is 0 Å². The molecule has 0 saturated heterocycles. The van der Waals surface area contributed by atoms with Gasteiger partial charge in [-0.2, -0.15) is 4.31 Å².